The highest BCUT2D eigenvalue weighted by Gasteiger charge is 2.31. The van der Waals surface area contributed by atoms with Gasteiger partial charge in [0.25, 0.3) is 0 Å². The maximum atomic E-state index is 13.1. The zero-order valence-corrected chi connectivity index (χ0v) is 18.6. The number of benzene rings is 2. The van der Waals surface area contributed by atoms with Crippen molar-refractivity contribution in [1.82, 2.24) is 4.31 Å². The van der Waals surface area contributed by atoms with Gasteiger partial charge in [-0.3, -0.25) is 4.79 Å². The summed E-state index contributed by atoms with van der Waals surface area (Å²) >= 11 is 6.12. The average molecular weight is 435 g/mol. The van der Waals surface area contributed by atoms with Crippen LogP contribution >= 0.6 is 11.6 Å². The lowest BCUT2D eigenvalue weighted by atomic mass is 9.94. The molecule has 1 N–H and O–H groups in total. The maximum absolute atomic E-state index is 13.1. The van der Waals surface area contributed by atoms with E-state index < -0.39 is 10.0 Å². The molecular weight excluding hydrogens is 408 g/mol. The van der Waals surface area contributed by atoms with Gasteiger partial charge in [-0.25, -0.2) is 8.42 Å². The Kier molecular flexibility index (Phi) is 6.66. The summed E-state index contributed by atoms with van der Waals surface area (Å²) in [6, 6.07) is 11.8. The van der Waals surface area contributed by atoms with Crippen LogP contribution in [0.1, 0.15) is 36.2 Å². The minimum Gasteiger partial charge on any atom is -0.377 e. The summed E-state index contributed by atoms with van der Waals surface area (Å²) in [5.74, 6) is 0.466. The number of sulfonamides is 1. The standard InChI is InChI=1S/C22H27ClN2O3S/c1-15-10-16(2)14-25(13-15)29(27,28)19-7-4-6-18(11-19)22(26)12-24-21-9-5-8-20(23)17(21)3/h4-9,11,15-16,24H,10,12-14H2,1-3H3. The number of nitrogens with zero attached hydrogens (tertiary/aromatic N) is 1. The van der Waals surface area contributed by atoms with Crippen molar-refractivity contribution in [2.45, 2.75) is 32.1 Å². The van der Waals surface area contributed by atoms with Crippen LogP contribution in [-0.4, -0.2) is 38.1 Å². The predicted molar refractivity (Wildman–Crippen MR) is 117 cm³/mol. The van der Waals surface area contributed by atoms with Crippen molar-refractivity contribution in [2.24, 2.45) is 11.8 Å². The monoisotopic (exact) mass is 434 g/mol. The van der Waals surface area contributed by atoms with Gasteiger partial charge in [-0.15, -0.1) is 0 Å². The van der Waals surface area contributed by atoms with Crippen molar-refractivity contribution in [1.29, 1.82) is 0 Å². The zero-order chi connectivity index (χ0) is 21.2. The van der Waals surface area contributed by atoms with E-state index in [4.69, 9.17) is 11.6 Å². The van der Waals surface area contributed by atoms with Gasteiger partial charge in [0.15, 0.2) is 5.78 Å². The number of rotatable bonds is 6. The van der Waals surface area contributed by atoms with Gasteiger partial charge >= 0.3 is 0 Å². The van der Waals surface area contributed by atoms with Crippen LogP contribution in [0.4, 0.5) is 5.69 Å². The smallest absolute Gasteiger partial charge is 0.243 e. The van der Waals surface area contributed by atoms with Gasteiger partial charge in [-0.05, 0) is 55.0 Å². The van der Waals surface area contributed by atoms with E-state index in [0.29, 0.717) is 35.5 Å². The van der Waals surface area contributed by atoms with Crippen LogP contribution in [0.3, 0.4) is 0 Å². The highest BCUT2D eigenvalue weighted by atomic mass is 35.5. The number of carbonyl (C=O) groups excluding carboxylic acids is 1. The average Bonchev–Trinajstić information content (AvgIpc) is 2.68. The summed E-state index contributed by atoms with van der Waals surface area (Å²) in [6.07, 6.45) is 1.03. The van der Waals surface area contributed by atoms with Crippen molar-refractivity contribution >= 4 is 33.1 Å². The molecular formula is C22H27ClN2O3S. The molecule has 2 aromatic rings. The lowest BCUT2D eigenvalue weighted by molar-refractivity contribution is 0.101. The topological polar surface area (TPSA) is 66.5 Å². The van der Waals surface area contributed by atoms with Gasteiger partial charge in [-0.1, -0.05) is 43.6 Å². The van der Waals surface area contributed by atoms with E-state index in [1.165, 1.54) is 6.07 Å². The number of Topliss-reactive ketones (excluding diaryl/α,β-unsaturated/α-hetero) is 1. The van der Waals surface area contributed by atoms with Gasteiger partial charge in [0, 0.05) is 29.4 Å². The number of hydrogen-bond acceptors (Lipinski definition) is 4. The molecule has 0 bridgehead atoms. The van der Waals surface area contributed by atoms with E-state index in [0.717, 1.165) is 17.7 Å². The van der Waals surface area contributed by atoms with E-state index in [1.807, 2.05) is 19.1 Å². The number of nitrogens with one attached hydrogen (secondary N) is 1. The number of hydrogen-bond donors (Lipinski definition) is 1. The molecule has 1 aliphatic rings. The molecule has 0 radical (unpaired) electrons. The summed E-state index contributed by atoms with van der Waals surface area (Å²) in [7, 11) is -3.62. The lowest BCUT2D eigenvalue weighted by Gasteiger charge is -2.34. The molecule has 156 valence electrons. The molecule has 1 heterocycles. The zero-order valence-electron chi connectivity index (χ0n) is 17.0. The fourth-order valence-electron chi connectivity index (χ4n) is 3.86. The van der Waals surface area contributed by atoms with Gasteiger partial charge < -0.3 is 5.32 Å². The summed E-state index contributed by atoms with van der Waals surface area (Å²) < 4.78 is 27.7. The third kappa shape index (κ3) is 5.00. The van der Waals surface area contributed by atoms with Gasteiger partial charge in [-0.2, -0.15) is 4.31 Å². The van der Waals surface area contributed by atoms with E-state index in [1.54, 1.807) is 28.6 Å². The Bertz CT molecular complexity index is 997. The molecule has 3 rings (SSSR count). The van der Waals surface area contributed by atoms with E-state index in [-0.39, 0.29) is 17.2 Å². The Hall–Kier alpha value is -1.89. The van der Waals surface area contributed by atoms with Crippen LogP contribution in [-0.2, 0) is 10.0 Å². The first-order valence-corrected chi connectivity index (χ1v) is 11.6. The predicted octanol–water partition coefficient (Wildman–Crippen LogP) is 4.61. The third-order valence-electron chi connectivity index (χ3n) is 5.34. The highest BCUT2D eigenvalue weighted by molar-refractivity contribution is 7.89. The minimum absolute atomic E-state index is 0.0580. The third-order valence-corrected chi connectivity index (χ3v) is 7.57. The van der Waals surface area contributed by atoms with Gasteiger partial charge in [0.05, 0.1) is 11.4 Å². The Morgan fingerprint density at radius 2 is 1.79 bits per heavy atom. The summed E-state index contributed by atoms with van der Waals surface area (Å²) in [6.45, 7) is 7.11. The molecule has 1 fully saturated rings. The van der Waals surface area contributed by atoms with Crippen LogP contribution in [0, 0.1) is 18.8 Å². The van der Waals surface area contributed by atoms with Gasteiger partial charge in [0.2, 0.25) is 10.0 Å². The summed E-state index contributed by atoms with van der Waals surface area (Å²) in [4.78, 5) is 12.8. The number of piperidine rings is 1. The lowest BCUT2D eigenvalue weighted by Crippen LogP contribution is -2.42. The second-order valence-electron chi connectivity index (χ2n) is 7.99. The molecule has 0 saturated carbocycles. The SMILES string of the molecule is Cc1c(Cl)cccc1NCC(=O)c1cccc(S(=O)(=O)N2CC(C)CC(C)C2)c1. The molecule has 0 aromatic heterocycles. The second-order valence-corrected chi connectivity index (χ2v) is 10.3. The van der Waals surface area contributed by atoms with Crippen molar-refractivity contribution in [2.75, 3.05) is 25.0 Å². The van der Waals surface area contributed by atoms with Crippen LogP contribution in [0.25, 0.3) is 0 Å². The Balaban J connectivity index is 1.76. The first kappa shape index (κ1) is 21.8. The fourth-order valence-corrected chi connectivity index (χ4v) is 5.76. The van der Waals surface area contributed by atoms with Crippen molar-refractivity contribution in [3.8, 4) is 0 Å². The molecule has 0 spiro atoms. The highest BCUT2D eigenvalue weighted by Crippen LogP contribution is 2.27. The Labute approximate surface area is 178 Å². The molecule has 1 saturated heterocycles. The number of anilines is 1. The van der Waals surface area contributed by atoms with Gasteiger partial charge in [0.1, 0.15) is 0 Å². The van der Waals surface area contributed by atoms with Crippen molar-refractivity contribution < 1.29 is 13.2 Å². The largest absolute Gasteiger partial charge is 0.377 e. The van der Waals surface area contributed by atoms with Crippen LogP contribution < -0.4 is 5.32 Å². The summed E-state index contributed by atoms with van der Waals surface area (Å²) in [5, 5.41) is 3.72. The second kappa shape index (κ2) is 8.86. The van der Waals surface area contributed by atoms with Crippen LogP contribution in [0.5, 0.6) is 0 Å². The normalized spacial score (nSPS) is 20.4. The van der Waals surface area contributed by atoms with E-state index in [9.17, 15) is 13.2 Å². The molecule has 2 atom stereocenters. The van der Waals surface area contributed by atoms with Crippen molar-refractivity contribution in [3.05, 3.63) is 58.6 Å². The molecule has 2 aromatic carbocycles. The number of ketones is 1. The van der Waals surface area contributed by atoms with Crippen LogP contribution in [0.15, 0.2) is 47.4 Å². The van der Waals surface area contributed by atoms with Crippen LogP contribution in [0.2, 0.25) is 5.02 Å². The fraction of sp³-hybridized carbons (Fsp3) is 0.409. The molecule has 0 amide bonds. The number of carbonyl (C=O) groups is 1. The molecule has 1 aliphatic heterocycles. The van der Waals surface area contributed by atoms with E-state index in [2.05, 4.69) is 19.2 Å². The molecule has 5 nitrogen and oxygen atoms in total. The maximum Gasteiger partial charge on any atom is 0.243 e. The first-order chi connectivity index (χ1) is 13.7. The minimum atomic E-state index is -3.62. The summed E-state index contributed by atoms with van der Waals surface area (Å²) in [5.41, 5.74) is 2.02. The van der Waals surface area contributed by atoms with E-state index >= 15 is 0 Å². The molecule has 2 unspecified atom stereocenters. The quantitative estimate of drug-likeness (QED) is 0.674. The van der Waals surface area contributed by atoms with Crippen molar-refractivity contribution in [3.63, 3.8) is 0 Å². The Morgan fingerprint density at radius 1 is 1.14 bits per heavy atom. The Morgan fingerprint density at radius 3 is 2.48 bits per heavy atom. The first-order valence-electron chi connectivity index (χ1n) is 9.81. The molecule has 0 aliphatic carbocycles. The molecule has 7 heteroatoms. The number of halogens is 1. The molecule has 29 heavy (non-hydrogen) atoms.